The van der Waals surface area contributed by atoms with E-state index in [1.807, 2.05) is 31.2 Å². The van der Waals surface area contributed by atoms with Gasteiger partial charge in [-0.1, -0.05) is 23.8 Å². The van der Waals surface area contributed by atoms with Gasteiger partial charge in [-0.15, -0.1) is 0 Å². The molecule has 0 bridgehead atoms. The van der Waals surface area contributed by atoms with Crippen molar-refractivity contribution in [1.82, 2.24) is 4.98 Å². The van der Waals surface area contributed by atoms with Crippen LogP contribution in [-0.2, 0) is 6.42 Å². The van der Waals surface area contributed by atoms with Crippen LogP contribution >= 0.6 is 0 Å². The van der Waals surface area contributed by atoms with Crippen molar-refractivity contribution in [1.29, 1.82) is 0 Å². The van der Waals surface area contributed by atoms with Gasteiger partial charge in [-0.3, -0.25) is 4.98 Å². The highest BCUT2D eigenvalue weighted by Crippen LogP contribution is 2.25. The molecule has 1 aromatic carbocycles. The number of nitrogens with two attached hydrogens (primary N) is 1. The second kappa shape index (κ2) is 5.85. The lowest BCUT2D eigenvalue weighted by atomic mass is 9.97. The van der Waals surface area contributed by atoms with E-state index in [4.69, 9.17) is 10.5 Å². The molecule has 1 atom stereocenters. The topological polar surface area (TPSA) is 48.1 Å². The molecule has 1 aromatic heterocycles. The molecule has 1 unspecified atom stereocenters. The monoisotopic (exact) mass is 256 g/mol. The van der Waals surface area contributed by atoms with Crippen molar-refractivity contribution in [3.63, 3.8) is 0 Å². The number of methoxy groups -OCH3 is 1. The van der Waals surface area contributed by atoms with E-state index in [9.17, 15) is 0 Å². The number of hydrogen-bond donors (Lipinski definition) is 1. The lowest BCUT2D eigenvalue weighted by Gasteiger charge is -2.16. The van der Waals surface area contributed by atoms with Crippen molar-refractivity contribution in [2.45, 2.75) is 26.3 Å². The number of aryl methyl sites for hydroxylation is 2. The maximum atomic E-state index is 6.31. The minimum atomic E-state index is -0.0654. The van der Waals surface area contributed by atoms with Crippen LogP contribution in [0.2, 0.25) is 0 Å². The van der Waals surface area contributed by atoms with Crippen LogP contribution in [0.25, 0.3) is 0 Å². The Bertz CT molecular complexity index is 566. The Balaban J connectivity index is 2.26. The summed E-state index contributed by atoms with van der Waals surface area (Å²) in [4.78, 5) is 4.29. The van der Waals surface area contributed by atoms with Crippen LogP contribution in [0.3, 0.4) is 0 Å². The fourth-order valence-electron chi connectivity index (χ4n) is 2.30. The standard InChI is InChI=1S/C16H20N2O/c1-11-6-7-16(19-3)13(9-11)10-15(17)14-5-4-8-18-12(14)2/h4-9,15H,10,17H2,1-3H3. The second-order valence-electron chi connectivity index (χ2n) is 4.80. The Morgan fingerprint density at radius 2 is 2.05 bits per heavy atom. The molecule has 2 N–H and O–H groups in total. The molecule has 0 spiro atoms. The van der Waals surface area contributed by atoms with Gasteiger partial charge in [0, 0.05) is 17.9 Å². The zero-order valence-electron chi connectivity index (χ0n) is 11.7. The molecule has 0 fully saturated rings. The number of nitrogens with zero attached hydrogens (tertiary/aromatic N) is 1. The number of ether oxygens (including phenoxy) is 1. The molecular weight excluding hydrogens is 236 g/mol. The Morgan fingerprint density at radius 1 is 1.26 bits per heavy atom. The van der Waals surface area contributed by atoms with E-state index in [0.29, 0.717) is 0 Å². The predicted molar refractivity (Wildman–Crippen MR) is 77.3 cm³/mol. The Morgan fingerprint density at radius 3 is 2.74 bits per heavy atom. The summed E-state index contributed by atoms with van der Waals surface area (Å²) >= 11 is 0. The molecule has 0 saturated heterocycles. The maximum absolute atomic E-state index is 6.31. The number of rotatable bonds is 4. The van der Waals surface area contributed by atoms with Gasteiger partial charge in [0.1, 0.15) is 5.75 Å². The first-order chi connectivity index (χ1) is 9.11. The lowest BCUT2D eigenvalue weighted by Crippen LogP contribution is -2.15. The van der Waals surface area contributed by atoms with Gasteiger partial charge in [0.2, 0.25) is 0 Å². The normalized spacial score (nSPS) is 12.2. The molecule has 0 aliphatic rings. The molecule has 0 radical (unpaired) electrons. The summed E-state index contributed by atoms with van der Waals surface area (Å²) in [5, 5.41) is 0. The zero-order chi connectivity index (χ0) is 13.8. The van der Waals surface area contributed by atoms with E-state index >= 15 is 0 Å². The lowest BCUT2D eigenvalue weighted by molar-refractivity contribution is 0.408. The van der Waals surface area contributed by atoms with Crippen LogP contribution in [0, 0.1) is 13.8 Å². The van der Waals surface area contributed by atoms with Crippen molar-refractivity contribution in [2.24, 2.45) is 5.73 Å². The highest BCUT2D eigenvalue weighted by molar-refractivity contribution is 5.38. The van der Waals surface area contributed by atoms with Gasteiger partial charge < -0.3 is 10.5 Å². The minimum Gasteiger partial charge on any atom is -0.496 e. The Kier molecular flexibility index (Phi) is 4.17. The Labute approximate surface area is 114 Å². The smallest absolute Gasteiger partial charge is 0.122 e. The van der Waals surface area contributed by atoms with Gasteiger partial charge in [-0.05, 0) is 43.5 Å². The molecule has 0 aliphatic heterocycles. The molecular formula is C16H20N2O. The van der Waals surface area contributed by atoms with Gasteiger partial charge in [0.15, 0.2) is 0 Å². The number of aromatic nitrogens is 1. The van der Waals surface area contributed by atoms with Crippen LogP contribution in [-0.4, -0.2) is 12.1 Å². The predicted octanol–water partition coefficient (Wildman–Crippen LogP) is 2.95. The highest BCUT2D eigenvalue weighted by atomic mass is 16.5. The molecule has 100 valence electrons. The Hall–Kier alpha value is -1.87. The van der Waals surface area contributed by atoms with Gasteiger partial charge >= 0.3 is 0 Å². The van der Waals surface area contributed by atoms with E-state index in [1.165, 1.54) is 5.56 Å². The zero-order valence-corrected chi connectivity index (χ0v) is 11.7. The third-order valence-electron chi connectivity index (χ3n) is 3.32. The van der Waals surface area contributed by atoms with Crippen molar-refractivity contribution < 1.29 is 4.74 Å². The first-order valence-electron chi connectivity index (χ1n) is 6.42. The first kappa shape index (κ1) is 13.6. The van der Waals surface area contributed by atoms with Crippen molar-refractivity contribution in [3.8, 4) is 5.75 Å². The third-order valence-corrected chi connectivity index (χ3v) is 3.32. The van der Waals surface area contributed by atoms with Crippen LogP contribution < -0.4 is 10.5 Å². The molecule has 0 aliphatic carbocycles. The quantitative estimate of drug-likeness (QED) is 0.915. The molecule has 2 aromatic rings. The van der Waals surface area contributed by atoms with Crippen LogP contribution in [0.1, 0.15) is 28.4 Å². The molecule has 0 saturated carbocycles. The summed E-state index contributed by atoms with van der Waals surface area (Å²) in [6.45, 7) is 4.06. The van der Waals surface area contributed by atoms with Crippen LogP contribution in [0.15, 0.2) is 36.5 Å². The molecule has 0 amide bonds. The van der Waals surface area contributed by atoms with E-state index < -0.39 is 0 Å². The minimum absolute atomic E-state index is 0.0654. The number of benzene rings is 1. The average Bonchev–Trinajstić information content (AvgIpc) is 2.39. The highest BCUT2D eigenvalue weighted by Gasteiger charge is 2.13. The van der Waals surface area contributed by atoms with E-state index in [1.54, 1.807) is 13.3 Å². The third kappa shape index (κ3) is 3.12. The van der Waals surface area contributed by atoms with E-state index in [-0.39, 0.29) is 6.04 Å². The summed E-state index contributed by atoms with van der Waals surface area (Å²) in [6, 6.07) is 10.1. The molecule has 3 nitrogen and oxygen atoms in total. The summed E-state index contributed by atoms with van der Waals surface area (Å²) in [5.41, 5.74) is 10.7. The fourth-order valence-corrected chi connectivity index (χ4v) is 2.30. The fraction of sp³-hybridized carbons (Fsp3) is 0.312. The number of pyridine rings is 1. The van der Waals surface area contributed by atoms with Crippen molar-refractivity contribution in [2.75, 3.05) is 7.11 Å². The summed E-state index contributed by atoms with van der Waals surface area (Å²) in [5.74, 6) is 0.891. The molecule has 3 heteroatoms. The largest absolute Gasteiger partial charge is 0.496 e. The van der Waals surface area contributed by atoms with E-state index in [0.717, 1.165) is 29.0 Å². The van der Waals surface area contributed by atoms with Gasteiger partial charge in [-0.25, -0.2) is 0 Å². The summed E-state index contributed by atoms with van der Waals surface area (Å²) in [6.07, 6.45) is 2.54. The van der Waals surface area contributed by atoms with Gasteiger partial charge in [-0.2, -0.15) is 0 Å². The SMILES string of the molecule is COc1ccc(C)cc1CC(N)c1cccnc1C. The second-order valence-corrected chi connectivity index (χ2v) is 4.80. The van der Waals surface area contributed by atoms with E-state index in [2.05, 4.69) is 18.0 Å². The molecule has 2 rings (SSSR count). The van der Waals surface area contributed by atoms with Crippen LogP contribution in [0.5, 0.6) is 5.75 Å². The molecule has 19 heavy (non-hydrogen) atoms. The average molecular weight is 256 g/mol. The first-order valence-corrected chi connectivity index (χ1v) is 6.42. The van der Waals surface area contributed by atoms with Crippen LogP contribution in [0.4, 0.5) is 0 Å². The number of hydrogen-bond acceptors (Lipinski definition) is 3. The van der Waals surface area contributed by atoms with Gasteiger partial charge in [0.25, 0.3) is 0 Å². The summed E-state index contributed by atoms with van der Waals surface area (Å²) < 4.78 is 5.40. The van der Waals surface area contributed by atoms with Gasteiger partial charge in [0.05, 0.1) is 7.11 Å². The summed E-state index contributed by atoms with van der Waals surface area (Å²) in [7, 11) is 1.69. The van der Waals surface area contributed by atoms with Crippen molar-refractivity contribution in [3.05, 3.63) is 58.9 Å². The molecule has 1 heterocycles. The van der Waals surface area contributed by atoms with Crippen molar-refractivity contribution >= 4 is 0 Å². The maximum Gasteiger partial charge on any atom is 0.122 e.